The summed E-state index contributed by atoms with van der Waals surface area (Å²) in [6.45, 7) is 5.60. The summed E-state index contributed by atoms with van der Waals surface area (Å²) in [4.78, 5) is 11.0. The van der Waals surface area contributed by atoms with Gasteiger partial charge in [-0.3, -0.25) is 4.90 Å². The molecule has 2 aromatic heterocycles. The van der Waals surface area contributed by atoms with Crippen molar-refractivity contribution in [1.29, 1.82) is 0 Å². The van der Waals surface area contributed by atoms with Crippen LogP contribution in [0.15, 0.2) is 54.6 Å². The summed E-state index contributed by atoms with van der Waals surface area (Å²) in [6, 6.07) is 18.3. The average molecular weight is 454 g/mol. The molecular formula is C23H24ClN5OS. The van der Waals surface area contributed by atoms with Gasteiger partial charge in [-0.1, -0.05) is 60.2 Å². The molecule has 3 heterocycles. The van der Waals surface area contributed by atoms with Crippen LogP contribution in [-0.4, -0.2) is 50.8 Å². The zero-order valence-electron chi connectivity index (χ0n) is 17.3. The van der Waals surface area contributed by atoms with Crippen molar-refractivity contribution < 1.29 is 5.11 Å². The highest BCUT2D eigenvalue weighted by molar-refractivity contribution is 7.17. The molecule has 0 saturated carbocycles. The largest absolute Gasteiger partial charge is 0.492 e. The molecule has 1 aliphatic heterocycles. The van der Waals surface area contributed by atoms with Crippen molar-refractivity contribution >= 4 is 33.6 Å². The topological polar surface area (TPSA) is 56.9 Å². The first-order valence-electron chi connectivity index (χ1n) is 10.5. The predicted octanol–water partition coefficient (Wildman–Crippen LogP) is 4.62. The van der Waals surface area contributed by atoms with Crippen molar-refractivity contribution in [2.75, 3.05) is 31.1 Å². The van der Waals surface area contributed by atoms with E-state index < -0.39 is 0 Å². The van der Waals surface area contributed by atoms with E-state index in [0.29, 0.717) is 5.02 Å². The Labute approximate surface area is 190 Å². The lowest BCUT2D eigenvalue weighted by molar-refractivity contribution is 0.211. The van der Waals surface area contributed by atoms with Crippen LogP contribution in [0.4, 0.5) is 5.69 Å². The van der Waals surface area contributed by atoms with Gasteiger partial charge in [-0.05, 0) is 29.8 Å². The molecule has 0 amide bonds. The molecule has 0 radical (unpaired) electrons. The first kappa shape index (κ1) is 20.3. The molecule has 31 heavy (non-hydrogen) atoms. The van der Waals surface area contributed by atoms with Gasteiger partial charge in [0, 0.05) is 43.3 Å². The Bertz CT molecular complexity index is 1180. The molecule has 1 atom stereocenters. The summed E-state index contributed by atoms with van der Waals surface area (Å²) >= 11 is 7.84. The van der Waals surface area contributed by atoms with Crippen LogP contribution in [0.1, 0.15) is 29.2 Å². The Morgan fingerprint density at radius 3 is 2.52 bits per heavy atom. The van der Waals surface area contributed by atoms with E-state index in [-0.39, 0.29) is 11.9 Å². The molecule has 4 aromatic rings. The van der Waals surface area contributed by atoms with Gasteiger partial charge in [0.15, 0.2) is 5.82 Å². The average Bonchev–Trinajstić information content (AvgIpc) is 3.34. The van der Waals surface area contributed by atoms with E-state index in [0.717, 1.165) is 53.8 Å². The van der Waals surface area contributed by atoms with Gasteiger partial charge in [-0.2, -0.15) is 4.52 Å². The number of para-hydroxylation sites is 1. The molecule has 0 spiro atoms. The summed E-state index contributed by atoms with van der Waals surface area (Å²) in [6.07, 6.45) is 0.738. The number of anilines is 1. The fourth-order valence-corrected chi connectivity index (χ4v) is 5.54. The molecule has 6 nitrogen and oxygen atoms in total. The Morgan fingerprint density at radius 2 is 1.84 bits per heavy atom. The minimum atomic E-state index is -0.102. The van der Waals surface area contributed by atoms with Crippen LogP contribution in [0.2, 0.25) is 5.02 Å². The molecule has 8 heteroatoms. The molecular weight excluding hydrogens is 430 g/mol. The summed E-state index contributed by atoms with van der Waals surface area (Å²) in [5, 5.41) is 16.2. The zero-order valence-corrected chi connectivity index (χ0v) is 18.9. The lowest BCUT2D eigenvalue weighted by atomic mass is 10.0. The summed E-state index contributed by atoms with van der Waals surface area (Å²) < 4.78 is 1.57. The van der Waals surface area contributed by atoms with Gasteiger partial charge in [0.25, 0.3) is 0 Å². The third kappa shape index (κ3) is 3.89. The number of fused-ring (bicyclic) bond motifs is 1. The number of halogens is 1. The fraction of sp³-hybridized carbons (Fsp3) is 0.304. The van der Waals surface area contributed by atoms with Gasteiger partial charge in [0.1, 0.15) is 0 Å². The van der Waals surface area contributed by atoms with E-state index in [4.69, 9.17) is 11.6 Å². The molecule has 0 aliphatic carbocycles. The van der Waals surface area contributed by atoms with Gasteiger partial charge in [0.05, 0.1) is 10.9 Å². The first-order valence-corrected chi connectivity index (χ1v) is 11.7. The molecule has 1 fully saturated rings. The predicted molar refractivity (Wildman–Crippen MR) is 125 cm³/mol. The van der Waals surface area contributed by atoms with Crippen molar-refractivity contribution in [3.05, 3.63) is 75.9 Å². The molecule has 2 aromatic carbocycles. The number of piperazine rings is 1. The van der Waals surface area contributed by atoms with Crippen LogP contribution in [0.25, 0.3) is 4.96 Å². The van der Waals surface area contributed by atoms with Crippen molar-refractivity contribution in [1.82, 2.24) is 19.5 Å². The Hall–Kier alpha value is -2.61. The van der Waals surface area contributed by atoms with Crippen molar-refractivity contribution in [3.63, 3.8) is 0 Å². The zero-order chi connectivity index (χ0) is 21.4. The third-order valence-corrected chi connectivity index (χ3v) is 7.08. The van der Waals surface area contributed by atoms with Crippen LogP contribution >= 0.6 is 22.9 Å². The van der Waals surface area contributed by atoms with Gasteiger partial charge >= 0.3 is 0 Å². The summed E-state index contributed by atoms with van der Waals surface area (Å²) in [7, 11) is 0. The number of aromatic hydroxyl groups is 1. The van der Waals surface area contributed by atoms with Crippen LogP contribution < -0.4 is 4.90 Å². The highest BCUT2D eigenvalue weighted by Crippen LogP contribution is 2.41. The lowest BCUT2D eigenvalue weighted by Gasteiger charge is -2.40. The van der Waals surface area contributed by atoms with Gasteiger partial charge < -0.3 is 10.0 Å². The fourth-order valence-electron chi connectivity index (χ4n) is 4.20. The van der Waals surface area contributed by atoms with Gasteiger partial charge in [-0.25, -0.2) is 4.98 Å². The number of benzene rings is 2. The van der Waals surface area contributed by atoms with Crippen molar-refractivity contribution in [2.24, 2.45) is 0 Å². The molecule has 5 rings (SSSR count). The molecule has 1 unspecified atom stereocenters. The Kier molecular flexibility index (Phi) is 5.56. The van der Waals surface area contributed by atoms with E-state index in [1.807, 2.05) is 31.2 Å². The number of thiazole rings is 1. The van der Waals surface area contributed by atoms with E-state index in [9.17, 15) is 5.11 Å². The van der Waals surface area contributed by atoms with Crippen LogP contribution in [0, 0.1) is 0 Å². The smallest absolute Gasteiger partial charge is 0.230 e. The molecule has 0 bridgehead atoms. The highest BCUT2D eigenvalue weighted by atomic mass is 35.5. The molecule has 1 N–H and O–H groups in total. The summed E-state index contributed by atoms with van der Waals surface area (Å²) in [5.74, 6) is 0.909. The lowest BCUT2D eigenvalue weighted by Crippen LogP contribution is -2.47. The van der Waals surface area contributed by atoms with E-state index in [1.165, 1.54) is 17.0 Å². The molecule has 160 valence electrons. The first-order chi connectivity index (χ1) is 15.1. The van der Waals surface area contributed by atoms with E-state index >= 15 is 0 Å². The van der Waals surface area contributed by atoms with E-state index in [2.05, 4.69) is 50.2 Å². The van der Waals surface area contributed by atoms with Crippen LogP contribution in [0.5, 0.6) is 5.88 Å². The maximum Gasteiger partial charge on any atom is 0.230 e. The third-order valence-electron chi connectivity index (χ3n) is 5.77. The second-order valence-electron chi connectivity index (χ2n) is 7.68. The number of hydrogen-bond donors (Lipinski definition) is 1. The minimum absolute atomic E-state index is 0.102. The minimum Gasteiger partial charge on any atom is -0.492 e. The van der Waals surface area contributed by atoms with E-state index in [1.54, 1.807) is 4.52 Å². The number of aryl methyl sites for hydroxylation is 1. The summed E-state index contributed by atoms with van der Waals surface area (Å²) in [5.41, 5.74) is 2.31. The normalized spacial score (nSPS) is 16.1. The second kappa shape index (κ2) is 8.49. The van der Waals surface area contributed by atoms with Crippen molar-refractivity contribution in [2.45, 2.75) is 19.4 Å². The van der Waals surface area contributed by atoms with Crippen LogP contribution in [0.3, 0.4) is 0 Å². The second-order valence-corrected chi connectivity index (χ2v) is 9.13. The maximum atomic E-state index is 11.1. The Morgan fingerprint density at radius 1 is 1.06 bits per heavy atom. The molecule has 1 aliphatic rings. The number of aromatic nitrogens is 3. The maximum absolute atomic E-state index is 11.1. The number of rotatable bonds is 5. The van der Waals surface area contributed by atoms with Crippen molar-refractivity contribution in [3.8, 4) is 5.88 Å². The number of nitrogens with zero attached hydrogens (tertiary/aromatic N) is 5. The highest BCUT2D eigenvalue weighted by Gasteiger charge is 2.32. The Balaban J connectivity index is 1.49. The molecule has 1 saturated heterocycles. The van der Waals surface area contributed by atoms with Gasteiger partial charge in [0.2, 0.25) is 10.8 Å². The SMILES string of the molecule is CCc1nc2sc(C(c3cccc(Cl)c3)N3CCN(c4ccccc4)CC3)c(O)n2n1. The van der Waals surface area contributed by atoms with Gasteiger partial charge in [-0.15, -0.1) is 5.10 Å². The number of hydrogen-bond acceptors (Lipinski definition) is 6. The monoisotopic (exact) mass is 453 g/mol. The standard InChI is InChI=1S/C23H24ClN5OS/c1-2-19-25-23-29(26-19)22(30)21(31-23)20(16-7-6-8-17(24)15-16)28-13-11-27(12-14-28)18-9-4-3-5-10-18/h3-10,15,20,30H,2,11-14H2,1H3. The van der Waals surface area contributed by atoms with Crippen LogP contribution in [-0.2, 0) is 6.42 Å². The quantitative estimate of drug-likeness (QED) is 0.477.